The number of nitrogens with zero attached hydrogens (tertiary/aromatic N) is 1. The maximum atomic E-state index is 3.38. The maximum absolute atomic E-state index is 3.38. The molecule has 0 aromatic heterocycles. The van der Waals surface area contributed by atoms with Crippen molar-refractivity contribution in [2.24, 2.45) is 11.3 Å². The highest BCUT2D eigenvalue weighted by Gasteiger charge is 2.29. The minimum absolute atomic E-state index is 0.429. The van der Waals surface area contributed by atoms with Gasteiger partial charge < -0.3 is 10.2 Å². The molecule has 3 unspecified atom stereocenters. The Morgan fingerprint density at radius 1 is 1.33 bits per heavy atom. The molecule has 0 bridgehead atoms. The van der Waals surface area contributed by atoms with E-state index in [4.69, 9.17) is 0 Å². The SMILES string of the molecule is CCCC(C)(CNC)CN(C)C1CCCC(C)C1. The standard InChI is InChI=1S/C16H34N2/c1-6-10-16(3,12-17-4)13-18(5)15-9-7-8-14(2)11-15/h14-15,17H,6-13H2,1-5H3. The van der Waals surface area contributed by atoms with Gasteiger partial charge >= 0.3 is 0 Å². The van der Waals surface area contributed by atoms with E-state index >= 15 is 0 Å². The van der Waals surface area contributed by atoms with Gasteiger partial charge in [0.25, 0.3) is 0 Å². The molecule has 0 saturated heterocycles. The van der Waals surface area contributed by atoms with Crippen molar-refractivity contribution in [3.8, 4) is 0 Å². The summed E-state index contributed by atoms with van der Waals surface area (Å²) in [5.41, 5.74) is 0.429. The van der Waals surface area contributed by atoms with Crippen molar-refractivity contribution >= 4 is 0 Å². The van der Waals surface area contributed by atoms with Gasteiger partial charge in [0.2, 0.25) is 0 Å². The van der Waals surface area contributed by atoms with E-state index in [1.165, 1.54) is 45.1 Å². The third-order valence-corrected chi connectivity index (χ3v) is 4.62. The summed E-state index contributed by atoms with van der Waals surface area (Å²) in [5.74, 6) is 0.924. The van der Waals surface area contributed by atoms with E-state index in [1.807, 2.05) is 0 Å². The van der Waals surface area contributed by atoms with Gasteiger partial charge in [-0.25, -0.2) is 0 Å². The predicted octanol–water partition coefficient (Wildman–Crippen LogP) is 3.52. The molecule has 0 heterocycles. The van der Waals surface area contributed by atoms with Gasteiger partial charge in [-0.15, -0.1) is 0 Å². The molecule has 1 aliphatic carbocycles. The van der Waals surface area contributed by atoms with Gasteiger partial charge in [0.05, 0.1) is 0 Å². The van der Waals surface area contributed by atoms with Crippen LogP contribution in [0.15, 0.2) is 0 Å². The van der Waals surface area contributed by atoms with Crippen LogP contribution in [0, 0.1) is 11.3 Å². The summed E-state index contributed by atoms with van der Waals surface area (Å²) in [7, 11) is 4.42. The lowest BCUT2D eigenvalue weighted by molar-refractivity contribution is 0.102. The van der Waals surface area contributed by atoms with Crippen LogP contribution in [-0.4, -0.2) is 38.1 Å². The van der Waals surface area contributed by atoms with Gasteiger partial charge in [0.15, 0.2) is 0 Å². The van der Waals surface area contributed by atoms with Crippen molar-refractivity contribution < 1.29 is 0 Å². The van der Waals surface area contributed by atoms with Crippen LogP contribution in [0.3, 0.4) is 0 Å². The molecule has 1 fully saturated rings. The van der Waals surface area contributed by atoms with Crippen molar-refractivity contribution in [3.05, 3.63) is 0 Å². The van der Waals surface area contributed by atoms with Crippen molar-refractivity contribution in [2.75, 3.05) is 27.2 Å². The van der Waals surface area contributed by atoms with Crippen LogP contribution in [0.5, 0.6) is 0 Å². The second-order valence-electron chi connectivity index (χ2n) is 6.93. The molecule has 0 aromatic carbocycles. The highest BCUT2D eigenvalue weighted by atomic mass is 15.1. The lowest BCUT2D eigenvalue weighted by atomic mass is 9.82. The third kappa shape index (κ3) is 4.89. The molecule has 108 valence electrons. The second kappa shape index (κ2) is 7.49. The van der Waals surface area contributed by atoms with Crippen molar-refractivity contribution in [1.29, 1.82) is 0 Å². The molecule has 1 N–H and O–H groups in total. The highest BCUT2D eigenvalue weighted by Crippen LogP contribution is 2.30. The highest BCUT2D eigenvalue weighted by molar-refractivity contribution is 4.84. The summed E-state index contributed by atoms with van der Waals surface area (Å²) < 4.78 is 0. The second-order valence-corrected chi connectivity index (χ2v) is 6.93. The molecule has 1 rings (SSSR count). The lowest BCUT2D eigenvalue weighted by Crippen LogP contribution is -2.45. The molecular weight excluding hydrogens is 220 g/mol. The van der Waals surface area contributed by atoms with Gasteiger partial charge in [-0.2, -0.15) is 0 Å². The topological polar surface area (TPSA) is 15.3 Å². The number of nitrogens with one attached hydrogen (secondary N) is 1. The zero-order valence-electron chi connectivity index (χ0n) is 13.3. The van der Waals surface area contributed by atoms with Crippen LogP contribution in [0.4, 0.5) is 0 Å². The zero-order chi connectivity index (χ0) is 13.6. The summed E-state index contributed by atoms with van der Waals surface area (Å²) in [6.07, 6.45) is 8.27. The summed E-state index contributed by atoms with van der Waals surface area (Å²) in [5, 5.41) is 3.38. The van der Waals surface area contributed by atoms with Crippen molar-refractivity contribution in [1.82, 2.24) is 10.2 Å². The first-order chi connectivity index (χ1) is 8.50. The molecule has 0 radical (unpaired) electrons. The Kier molecular flexibility index (Phi) is 6.65. The maximum Gasteiger partial charge on any atom is 0.00949 e. The molecule has 0 aromatic rings. The van der Waals surface area contributed by atoms with E-state index in [1.54, 1.807) is 0 Å². The Morgan fingerprint density at radius 3 is 2.61 bits per heavy atom. The van der Waals surface area contributed by atoms with E-state index in [9.17, 15) is 0 Å². The monoisotopic (exact) mass is 254 g/mol. The molecule has 0 aliphatic heterocycles. The average molecular weight is 254 g/mol. The average Bonchev–Trinajstić information content (AvgIpc) is 2.29. The molecule has 0 amide bonds. The minimum Gasteiger partial charge on any atom is -0.319 e. The van der Waals surface area contributed by atoms with E-state index in [0.29, 0.717) is 5.41 Å². The van der Waals surface area contributed by atoms with Crippen LogP contribution in [0.25, 0.3) is 0 Å². The van der Waals surface area contributed by atoms with Gasteiger partial charge in [-0.1, -0.05) is 40.0 Å². The van der Waals surface area contributed by atoms with Gasteiger partial charge in [0, 0.05) is 19.1 Å². The van der Waals surface area contributed by atoms with Crippen LogP contribution < -0.4 is 5.32 Å². The minimum atomic E-state index is 0.429. The first-order valence-corrected chi connectivity index (χ1v) is 7.85. The van der Waals surface area contributed by atoms with E-state index in [2.05, 4.69) is 45.1 Å². The smallest absolute Gasteiger partial charge is 0.00949 e. The van der Waals surface area contributed by atoms with Crippen LogP contribution in [0.1, 0.15) is 59.3 Å². The Balaban J connectivity index is 2.51. The van der Waals surface area contributed by atoms with Gasteiger partial charge in [-0.3, -0.25) is 0 Å². The molecule has 1 saturated carbocycles. The molecule has 0 spiro atoms. The summed E-state index contributed by atoms with van der Waals surface area (Å²) >= 11 is 0. The van der Waals surface area contributed by atoms with E-state index < -0.39 is 0 Å². The van der Waals surface area contributed by atoms with Crippen LogP contribution in [0.2, 0.25) is 0 Å². The fourth-order valence-electron chi connectivity index (χ4n) is 3.79. The predicted molar refractivity (Wildman–Crippen MR) is 81.0 cm³/mol. The molecule has 2 heteroatoms. The van der Waals surface area contributed by atoms with Gasteiger partial charge in [0.1, 0.15) is 0 Å². The van der Waals surface area contributed by atoms with Gasteiger partial charge in [-0.05, 0) is 44.7 Å². The van der Waals surface area contributed by atoms with E-state index in [0.717, 1.165) is 18.5 Å². The summed E-state index contributed by atoms with van der Waals surface area (Å²) in [4.78, 5) is 2.64. The Bertz CT molecular complexity index is 221. The van der Waals surface area contributed by atoms with Crippen LogP contribution >= 0.6 is 0 Å². The number of rotatable bonds is 7. The molecular formula is C16H34N2. The zero-order valence-corrected chi connectivity index (χ0v) is 13.3. The number of hydrogen-bond donors (Lipinski definition) is 1. The fourth-order valence-corrected chi connectivity index (χ4v) is 3.79. The molecule has 3 atom stereocenters. The molecule has 2 nitrogen and oxygen atoms in total. The first-order valence-electron chi connectivity index (χ1n) is 7.85. The van der Waals surface area contributed by atoms with E-state index in [-0.39, 0.29) is 0 Å². The normalized spacial score (nSPS) is 28.3. The quantitative estimate of drug-likeness (QED) is 0.748. The van der Waals surface area contributed by atoms with Crippen molar-refractivity contribution in [3.63, 3.8) is 0 Å². The Morgan fingerprint density at radius 2 is 2.06 bits per heavy atom. The third-order valence-electron chi connectivity index (χ3n) is 4.62. The lowest BCUT2D eigenvalue weighted by Gasteiger charge is -2.40. The number of hydrogen-bond acceptors (Lipinski definition) is 2. The molecule has 1 aliphatic rings. The molecule has 18 heavy (non-hydrogen) atoms. The van der Waals surface area contributed by atoms with Crippen molar-refractivity contribution in [2.45, 2.75) is 65.3 Å². The summed E-state index contributed by atoms with van der Waals surface area (Å²) in [6.45, 7) is 9.53. The van der Waals surface area contributed by atoms with Crippen LogP contribution in [-0.2, 0) is 0 Å². The first kappa shape index (κ1) is 16.0. The largest absolute Gasteiger partial charge is 0.319 e. The Labute approximate surface area is 115 Å². The Hall–Kier alpha value is -0.0800. The summed E-state index contributed by atoms with van der Waals surface area (Å²) in [6, 6.07) is 0.821. The fraction of sp³-hybridized carbons (Fsp3) is 1.00.